The average Bonchev–Trinajstić information content (AvgIpc) is 2.81. The molecule has 0 aliphatic heterocycles. The van der Waals surface area contributed by atoms with Gasteiger partial charge in [-0.1, -0.05) is 41.9 Å². The number of hydrogen-bond donors (Lipinski definition) is 2. The molecule has 0 saturated heterocycles. The minimum absolute atomic E-state index is 0.278. The highest BCUT2D eigenvalue weighted by Crippen LogP contribution is 2.27. The first-order chi connectivity index (χ1) is 15.7. The Morgan fingerprint density at radius 1 is 0.844 bits per heavy atom. The second-order valence-electron chi connectivity index (χ2n) is 7.04. The number of benzene rings is 3. The summed E-state index contributed by atoms with van der Waals surface area (Å²) >= 11 is 5.99. The van der Waals surface area contributed by atoms with Crippen LogP contribution in [-0.4, -0.2) is 15.0 Å². The van der Waals surface area contributed by atoms with Gasteiger partial charge < -0.3 is 10.1 Å². The highest BCUT2D eigenvalue weighted by molar-refractivity contribution is 6.30. The fourth-order valence-corrected chi connectivity index (χ4v) is 3.49. The van der Waals surface area contributed by atoms with Crippen LogP contribution in [0, 0.1) is 0 Å². The van der Waals surface area contributed by atoms with E-state index in [-0.39, 0.29) is 5.56 Å². The van der Waals surface area contributed by atoms with Crippen LogP contribution in [0.15, 0.2) is 95.9 Å². The molecule has 0 saturated carbocycles. The van der Waals surface area contributed by atoms with Crippen LogP contribution in [0.5, 0.6) is 11.5 Å². The van der Waals surface area contributed by atoms with Gasteiger partial charge in [-0.25, -0.2) is 4.98 Å². The Balaban J connectivity index is 1.42. The van der Waals surface area contributed by atoms with E-state index in [1.165, 1.54) is 0 Å². The van der Waals surface area contributed by atoms with Crippen molar-refractivity contribution in [2.45, 2.75) is 0 Å². The van der Waals surface area contributed by atoms with Gasteiger partial charge in [0.2, 0.25) is 5.95 Å². The Morgan fingerprint density at radius 3 is 2.31 bits per heavy atom. The quantitative estimate of drug-likeness (QED) is 0.341. The highest BCUT2D eigenvalue weighted by atomic mass is 35.5. The zero-order valence-electron chi connectivity index (χ0n) is 16.7. The van der Waals surface area contributed by atoms with Crippen molar-refractivity contribution >= 4 is 34.3 Å². The minimum atomic E-state index is -0.278. The Hall–Kier alpha value is -4.16. The number of aromatic amines is 1. The molecule has 0 bridgehead atoms. The van der Waals surface area contributed by atoms with E-state index >= 15 is 0 Å². The molecule has 0 amide bonds. The number of nitrogens with zero attached hydrogens (tertiary/aromatic N) is 2. The molecule has 0 radical (unpaired) electrons. The van der Waals surface area contributed by atoms with Crippen LogP contribution in [-0.2, 0) is 0 Å². The number of para-hydroxylation sites is 1. The first-order valence-electron chi connectivity index (χ1n) is 9.91. The number of rotatable bonds is 5. The SMILES string of the molecule is O=c1[nH]c(Nc2ccc(Oc3ccccc3)cc2)nc2nccc(-c3ccc(Cl)cc3)c12. The lowest BCUT2D eigenvalue weighted by Gasteiger charge is -2.10. The second kappa shape index (κ2) is 8.53. The third-order valence-electron chi connectivity index (χ3n) is 4.86. The maximum absolute atomic E-state index is 12.9. The predicted octanol–water partition coefficient (Wildman–Crippen LogP) is 6.17. The number of H-pyrrole nitrogens is 1. The Labute approximate surface area is 188 Å². The Morgan fingerprint density at radius 2 is 1.56 bits per heavy atom. The number of aromatic nitrogens is 3. The molecular formula is C25H17ClN4O2. The molecule has 0 fully saturated rings. The van der Waals surface area contributed by atoms with Gasteiger partial charge >= 0.3 is 0 Å². The molecular weight excluding hydrogens is 424 g/mol. The summed E-state index contributed by atoms with van der Waals surface area (Å²) in [6.45, 7) is 0. The number of nitrogens with one attached hydrogen (secondary N) is 2. The molecule has 0 unspecified atom stereocenters. The molecule has 2 aromatic heterocycles. The van der Waals surface area contributed by atoms with Crippen LogP contribution in [0.3, 0.4) is 0 Å². The van der Waals surface area contributed by atoms with Crippen LogP contribution in [0.2, 0.25) is 5.02 Å². The van der Waals surface area contributed by atoms with Crippen LogP contribution >= 0.6 is 11.6 Å². The summed E-state index contributed by atoms with van der Waals surface area (Å²) in [5.41, 5.74) is 2.44. The molecule has 3 aromatic carbocycles. The van der Waals surface area contributed by atoms with Gasteiger partial charge in [0.05, 0.1) is 5.39 Å². The predicted molar refractivity (Wildman–Crippen MR) is 127 cm³/mol. The fraction of sp³-hybridized carbons (Fsp3) is 0. The van der Waals surface area contributed by atoms with E-state index in [0.29, 0.717) is 27.8 Å². The van der Waals surface area contributed by atoms with Crippen molar-refractivity contribution in [3.8, 4) is 22.6 Å². The number of halogens is 1. The summed E-state index contributed by atoms with van der Waals surface area (Å²) in [5, 5.41) is 4.17. The molecule has 32 heavy (non-hydrogen) atoms. The first-order valence-corrected chi connectivity index (χ1v) is 10.3. The lowest BCUT2D eigenvalue weighted by molar-refractivity contribution is 0.483. The van der Waals surface area contributed by atoms with Crippen LogP contribution in [0.4, 0.5) is 11.6 Å². The zero-order valence-corrected chi connectivity index (χ0v) is 17.5. The molecule has 7 heteroatoms. The monoisotopic (exact) mass is 440 g/mol. The number of hydrogen-bond acceptors (Lipinski definition) is 5. The van der Waals surface area contributed by atoms with Crippen LogP contribution < -0.4 is 15.6 Å². The van der Waals surface area contributed by atoms with Crippen LogP contribution in [0.1, 0.15) is 0 Å². The Kier molecular flexibility index (Phi) is 5.27. The normalized spacial score (nSPS) is 10.8. The van der Waals surface area contributed by atoms with Crippen molar-refractivity contribution in [2.75, 3.05) is 5.32 Å². The second-order valence-corrected chi connectivity index (χ2v) is 7.48. The largest absolute Gasteiger partial charge is 0.457 e. The maximum atomic E-state index is 12.9. The van der Waals surface area contributed by atoms with Gasteiger partial charge in [-0.05, 0) is 65.7 Å². The molecule has 5 rings (SSSR count). The molecule has 5 aromatic rings. The van der Waals surface area contributed by atoms with E-state index in [1.807, 2.05) is 66.7 Å². The molecule has 2 heterocycles. The lowest BCUT2D eigenvalue weighted by atomic mass is 10.0. The average molecular weight is 441 g/mol. The van der Waals surface area contributed by atoms with E-state index in [2.05, 4.69) is 20.3 Å². The number of ether oxygens (including phenoxy) is 1. The van der Waals surface area contributed by atoms with Crippen molar-refractivity contribution < 1.29 is 4.74 Å². The molecule has 6 nitrogen and oxygen atoms in total. The van der Waals surface area contributed by atoms with Gasteiger partial charge in [0.15, 0.2) is 5.65 Å². The van der Waals surface area contributed by atoms with Crippen molar-refractivity contribution in [2.24, 2.45) is 0 Å². The summed E-state index contributed by atoms with van der Waals surface area (Å²) in [5.74, 6) is 1.77. The van der Waals surface area contributed by atoms with Gasteiger partial charge in [0.1, 0.15) is 11.5 Å². The highest BCUT2D eigenvalue weighted by Gasteiger charge is 2.12. The molecule has 0 aliphatic rings. The third kappa shape index (κ3) is 4.17. The van der Waals surface area contributed by atoms with E-state index in [0.717, 1.165) is 22.6 Å². The van der Waals surface area contributed by atoms with E-state index < -0.39 is 0 Å². The van der Waals surface area contributed by atoms with Crippen molar-refractivity contribution in [3.05, 3.63) is 107 Å². The van der Waals surface area contributed by atoms with Crippen LogP contribution in [0.25, 0.3) is 22.2 Å². The third-order valence-corrected chi connectivity index (χ3v) is 5.11. The van der Waals surface area contributed by atoms with Crippen molar-refractivity contribution in [1.82, 2.24) is 15.0 Å². The molecule has 0 atom stereocenters. The molecule has 2 N–H and O–H groups in total. The molecule has 0 spiro atoms. The fourth-order valence-electron chi connectivity index (χ4n) is 3.36. The van der Waals surface area contributed by atoms with E-state index in [1.54, 1.807) is 24.4 Å². The summed E-state index contributed by atoms with van der Waals surface area (Å²) in [6.07, 6.45) is 1.64. The van der Waals surface area contributed by atoms with E-state index in [4.69, 9.17) is 16.3 Å². The summed E-state index contributed by atoms with van der Waals surface area (Å²) in [6, 6.07) is 26.0. The molecule has 156 valence electrons. The van der Waals surface area contributed by atoms with Gasteiger partial charge in [-0.3, -0.25) is 9.78 Å². The maximum Gasteiger partial charge on any atom is 0.262 e. The number of pyridine rings is 1. The van der Waals surface area contributed by atoms with E-state index in [9.17, 15) is 4.79 Å². The van der Waals surface area contributed by atoms with Gasteiger partial charge in [-0.2, -0.15) is 4.98 Å². The van der Waals surface area contributed by atoms with Gasteiger partial charge in [-0.15, -0.1) is 0 Å². The van der Waals surface area contributed by atoms with Gasteiger partial charge in [0.25, 0.3) is 5.56 Å². The summed E-state index contributed by atoms with van der Waals surface area (Å²) < 4.78 is 5.80. The van der Waals surface area contributed by atoms with Crippen molar-refractivity contribution in [3.63, 3.8) is 0 Å². The lowest BCUT2D eigenvalue weighted by Crippen LogP contribution is -2.13. The summed E-state index contributed by atoms with van der Waals surface area (Å²) in [4.78, 5) is 24.5. The standard InChI is InChI=1S/C25H17ClN4O2/c26-17-8-6-16(7-9-17)21-14-15-27-23-22(21)24(31)30-25(29-23)28-18-10-12-20(13-11-18)32-19-4-2-1-3-5-19/h1-15H,(H2,27,28,29,30,31). The summed E-state index contributed by atoms with van der Waals surface area (Å²) in [7, 11) is 0. The smallest absolute Gasteiger partial charge is 0.262 e. The Bertz CT molecular complexity index is 1430. The minimum Gasteiger partial charge on any atom is -0.457 e. The first kappa shape index (κ1) is 19.8. The number of fused-ring (bicyclic) bond motifs is 1. The van der Waals surface area contributed by atoms with Crippen molar-refractivity contribution in [1.29, 1.82) is 0 Å². The number of anilines is 2. The zero-order chi connectivity index (χ0) is 21.9. The molecule has 0 aliphatic carbocycles. The van der Waals surface area contributed by atoms with Gasteiger partial charge in [0, 0.05) is 16.9 Å². The topological polar surface area (TPSA) is 79.9 Å².